The summed E-state index contributed by atoms with van der Waals surface area (Å²) in [6.45, 7) is 0. The van der Waals surface area contributed by atoms with Crippen molar-refractivity contribution in [2.75, 3.05) is 0 Å². The summed E-state index contributed by atoms with van der Waals surface area (Å²) in [4.78, 5) is 0. The van der Waals surface area contributed by atoms with Crippen molar-refractivity contribution in [3.63, 3.8) is 0 Å². The Hall–Kier alpha value is 0.110. The molecule has 1 aliphatic carbocycles. The van der Waals surface area contributed by atoms with E-state index in [4.69, 9.17) is 0 Å². The molecule has 1 saturated carbocycles. The number of thioether (sulfide) groups is 1. The molecule has 0 saturated heterocycles. The van der Waals surface area contributed by atoms with E-state index in [9.17, 15) is 0 Å². The molecule has 2 rings (SSSR count). The molecule has 1 nitrogen and oxygen atoms in total. The summed E-state index contributed by atoms with van der Waals surface area (Å²) in [6, 6.07) is 0. The van der Waals surface area contributed by atoms with Crippen LogP contribution in [0.5, 0.6) is 0 Å². The second kappa shape index (κ2) is 4.75. The quantitative estimate of drug-likeness (QED) is 0.607. The van der Waals surface area contributed by atoms with Crippen LogP contribution in [0.1, 0.15) is 32.1 Å². The van der Waals surface area contributed by atoms with Gasteiger partial charge in [0.2, 0.25) is 0 Å². The Labute approximate surface area is 98.5 Å². The molecule has 1 N–H and O–H groups in total. The van der Waals surface area contributed by atoms with Crippen LogP contribution < -0.4 is 5.32 Å². The zero-order valence-electron chi connectivity index (χ0n) is 8.21. The average molecular weight is 274 g/mol. The van der Waals surface area contributed by atoms with Gasteiger partial charge in [-0.25, -0.2) is 0 Å². The minimum Gasteiger partial charge on any atom is -0.365 e. The molecule has 1 atom stereocenters. The van der Waals surface area contributed by atoms with Crippen molar-refractivity contribution in [2.45, 2.75) is 41.1 Å². The van der Waals surface area contributed by atoms with Crippen LogP contribution in [0.4, 0.5) is 0 Å². The molecule has 0 spiro atoms. The molecular weight excluding hydrogens is 258 g/mol. The van der Waals surface area contributed by atoms with Crippen LogP contribution in [0.15, 0.2) is 24.4 Å². The van der Waals surface area contributed by atoms with E-state index in [1.807, 2.05) is 24.0 Å². The zero-order valence-corrected chi connectivity index (χ0v) is 10.6. The molecule has 2 aliphatic rings. The number of hydrogen-bond donors (Lipinski definition) is 1. The highest BCUT2D eigenvalue weighted by molar-refractivity contribution is 9.12. The number of allylic oxidation sites excluding steroid dienone is 2. The summed E-state index contributed by atoms with van der Waals surface area (Å²) >= 11 is 5.76. The number of dihydropyridines is 1. The van der Waals surface area contributed by atoms with Gasteiger partial charge in [0.1, 0.15) is 0 Å². The number of nitrogens with one attached hydrogen (secondary N) is 1. The molecule has 0 radical (unpaired) electrons. The first-order valence-corrected chi connectivity index (χ1v) is 6.95. The minimum absolute atomic E-state index is 0.0518. The third-order valence-electron chi connectivity index (χ3n) is 2.69. The second-order valence-electron chi connectivity index (χ2n) is 3.89. The van der Waals surface area contributed by atoms with Gasteiger partial charge in [0.25, 0.3) is 0 Å². The Bertz CT molecular complexity index is 246. The Morgan fingerprint density at radius 1 is 1.21 bits per heavy atom. The maximum Gasteiger partial charge on any atom is 0.159 e. The van der Waals surface area contributed by atoms with Gasteiger partial charge < -0.3 is 5.32 Å². The van der Waals surface area contributed by atoms with Crippen molar-refractivity contribution in [1.29, 1.82) is 0 Å². The van der Waals surface area contributed by atoms with E-state index >= 15 is 0 Å². The lowest BCUT2D eigenvalue weighted by Crippen LogP contribution is -2.33. The molecule has 0 amide bonds. The molecule has 0 aromatic carbocycles. The standard InChI is InChI=1S/C11H16BrNS/c12-11(8-4-5-9-13-11)14-10-6-2-1-3-7-10/h4-5,8-10,13H,1-3,6-7H2. The van der Waals surface area contributed by atoms with Crippen molar-refractivity contribution >= 4 is 27.7 Å². The van der Waals surface area contributed by atoms with Crippen LogP contribution in [0, 0.1) is 0 Å². The van der Waals surface area contributed by atoms with Gasteiger partial charge in [-0.15, -0.1) is 11.8 Å². The summed E-state index contributed by atoms with van der Waals surface area (Å²) < 4.78 is -0.0518. The molecule has 78 valence electrons. The highest BCUT2D eigenvalue weighted by Crippen LogP contribution is 2.40. The van der Waals surface area contributed by atoms with Crippen LogP contribution in [0.3, 0.4) is 0 Å². The molecule has 1 heterocycles. The summed E-state index contributed by atoms with van der Waals surface area (Å²) in [5.74, 6) is 0. The fraction of sp³-hybridized carbons (Fsp3) is 0.636. The maximum atomic E-state index is 3.75. The first kappa shape index (κ1) is 10.6. The van der Waals surface area contributed by atoms with E-state index in [2.05, 4.69) is 33.4 Å². The third-order valence-corrected chi connectivity index (χ3v) is 5.14. The Morgan fingerprint density at radius 2 is 2.00 bits per heavy atom. The summed E-state index contributed by atoms with van der Waals surface area (Å²) in [7, 11) is 0. The largest absolute Gasteiger partial charge is 0.365 e. The van der Waals surface area contributed by atoms with Gasteiger partial charge in [-0.2, -0.15) is 0 Å². The molecule has 0 aromatic rings. The van der Waals surface area contributed by atoms with Gasteiger partial charge in [-0.1, -0.05) is 25.3 Å². The molecule has 0 bridgehead atoms. The van der Waals surface area contributed by atoms with Crippen molar-refractivity contribution in [1.82, 2.24) is 5.32 Å². The highest BCUT2D eigenvalue weighted by atomic mass is 79.9. The van der Waals surface area contributed by atoms with E-state index in [-0.39, 0.29) is 3.78 Å². The van der Waals surface area contributed by atoms with E-state index in [1.54, 1.807) is 0 Å². The summed E-state index contributed by atoms with van der Waals surface area (Å²) in [6.07, 6.45) is 15.3. The summed E-state index contributed by atoms with van der Waals surface area (Å²) in [5, 5.41) is 4.17. The highest BCUT2D eigenvalue weighted by Gasteiger charge is 2.28. The predicted octanol–water partition coefficient (Wildman–Crippen LogP) is 3.77. The monoisotopic (exact) mass is 273 g/mol. The van der Waals surface area contributed by atoms with Gasteiger partial charge in [0.15, 0.2) is 3.78 Å². The van der Waals surface area contributed by atoms with Crippen LogP contribution in [-0.2, 0) is 0 Å². The van der Waals surface area contributed by atoms with E-state index in [1.165, 1.54) is 32.1 Å². The number of hydrogen-bond acceptors (Lipinski definition) is 2. The minimum atomic E-state index is -0.0518. The SMILES string of the molecule is BrC1(SC2CCCCC2)C=CC=CN1. The maximum absolute atomic E-state index is 3.75. The van der Waals surface area contributed by atoms with Gasteiger partial charge in [-0.3, -0.25) is 0 Å². The van der Waals surface area contributed by atoms with Crippen molar-refractivity contribution in [3.05, 3.63) is 24.4 Å². The van der Waals surface area contributed by atoms with Crippen molar-refractivity contribution < 1.29 is 0 Å². The van der Waals surface area contributed by atoms with Gasteiger partial charge in [0.05, 0.1) is 0 Å². The van der Waals surface area contributed by atoms with Crippen LogP contribution in [0.2, 0.25) is 0 Å². The van der Waals surface area contributed by atoms with Crippen molar-refractivity contribution in [2.24, 2.45) is 0 Å². The lowest BCUT2D eigenvalue weighted by molar-refractivity contribution is 0.514. The Balaban J connectivity index is 1.88. The lowest BCUT2D eigenvalue weighted by Gasteiger charge is -2.32. The average Bonchev–Trinajstić information content (AvgIpc) is 2.19. The first-order chi connectivity index (χ1) is 6.79. The normalized spacial score (nSPS) is 32.9. The van der Waals surface area contributed by atoms with Crippen molar-refractivity contribution in [3.8, 4) is 0 Å². The Kier molecular flexibility index (Phi) is 3.61. The molecule has 3 heteroatoms. The fourth-order valence-corrected chi connectivity index (χ4v) is 4.37. The van der Waals surface area contributed by atoms with Gasteiger partial charge in [-0.05, 0) is 47.1 Å². The predicted molar refractivity (Wildman–Crippen MR) is 67.5 cm³/mol. The van der Waals surface area contributed by atoms with Crippen LogP contribution in [0.25, 0.3) is 0 Å². The second-order valence-corrected chi connectivity index (χ2v) is 7.21. The lowest BCUT2D eigenvalue weighted by atomic mass is 10.0. The van der Waals surface area contributed by atoms with E-state index < -0.39 is 0 Å². The third kappa shape index (κ3) is 2.80. The smallest absolute Gasteiger partial charge is 0.159 e. The van der Waals surface area contributed by atoms with E-state index in [0.29, 0.717) is 0 Å². The number of rotatable bonds is 2. The molecule has 1 unspecified atom stereocenters. The molecular formula is C11H16BrNS. The molecule has 0 aromatic heterocycles. The van der Waals surface area contributed by atoms with E-state index in [0.717, 1.165) is 5.25 Å². The fourth-order valence-electron chi connectivity index (χ4n) is 1.94. The topological polar surface area (TPSA) is 12.0 Å². The zero-order chi connectivity index (χ0) is 9.86. The summed E-state index contributed by atoms with van der Waals surface area (Å²) in [5.41, 5.74) is 0. The first-order valence-electron chi connectivity index (χ1n) is 5.27. The number of halogens is 1. The van der Waals surface area contributed by atoms with Crippen LogP contribution >= 0.6 is 27.7 Å². The molecule has 14 heavy (non-hydrogen) atoms. The molecule has 1 aliphatic heterocycles. The Morgan fingerprint density at radius 3 is 2.64 bits per heavy atom. The number of alkyl halides is 1. The molecule has 1 fully saturated rings. The van der Waals surface area contributed by atoms with Crippen LogP contribution in [-0.4, -0.2) is 9.03 Å². The van der Waals surface area contributed by atoms with Gasteiger partial charge in [0, 0.05) is 5.25 Å². The van der Waals surface area contributed by atoms with Gasteiger partial charge >= 0.3 is 0 Å².